The predicted octanol–water partition coefficient (Wildman–Crippen LogP) is -0.420. The van der Waals surface area contributed by atoms with Crippen molar-refractivity contribution < 1.29 is 14.7 Å². The lowest BCUT2D eigenvalue weighted by Gasteiger charge is -1.86. The molecule has 0 aromatic heterocycles. The molecule has 0 aliphatic rings. The van der Waals surface area contributed by atoms with Gasteiger partial charge in [0.2, 0.25) is 6.61 Å². The molecule has 1 radical (unpaired) electrons. The van der Waals surface area contributed by atoms with Gasteiger partial charge < -0.3 is 9.94 Å². The standard InChI is InChI=1S/C3H4NO3/c1-4-7-2-3(5)6/h1H,2H2,(H,5,6). The maximum Gasteiger partial charge on any atom is 0.344 e. The molecule has 4 heteroatoms. The van der Waals surface area contributed by atoms with Crippen LogP contribution in [0.3, 0.4) is 0 Å². The molecule has 0 rings (SSSR count). The molecule has 39 valence electrons. The van der Waals surface area contributed by atoms with Crippen LogP contribution in [0, 0.1) is 0 Å². The molecule has 0 aromatic carbocycles. The summed E-state index contributed by atoms with van der Waals surface area (Å²) in [6.45, 7) is 3.94. The quantitative estimate of drug-likeness (QED) is 0.389. The fourth-order valence-corrected chi connectivity index (χ4v) is 0.0925. The van der Waals surface area contributed by atoms with Crippen molar-refractivity contribution in [1.82, 2.24) is 0 Å². The van der Waals surface area contributed by atoms with E-state index in [2.05, 4.69) is 16.7 Å². The van der Waals surface area contributed by atoms with Crippen LogP contribution in [-0.4, -0.2) is 24.4 Å². The van der Waals surface area contributed by atoms with E-state index < -0.39 is 12.6 Å². The van der Waals surface area contributed by atoms with Crippen molar-refractivity contribution in [3.05, 3.63) is 0 Å². The van der Waals surface area contributed by atoms with E-state index >= 15 is 0 Å². The van der Waals surface area contributed by atoms with Gasteiger partial charge >= 0.3 is 5.97 Å². The van der Waals surface area contributed by atoms with Crippen molar-refractivity contribution in [1.29, 1.82) is 0 Å². The average molecular weight is 102 g/mol. The van der Waals surface area contributed by atoms with E-state index in [0.717, 1.165) is 0 Å². The summed E-state index contributed by atoms with van der Waals surface area (Å²) in [7, 11) is 0. The molecule has 0 heterocycles. The maximum atomic E-state index is 9.52. The van der Waals surface area contributed by atoms with Gasteiger partial charge in [-0.3, -0.25) is 0 Å². The van der Waals surface area contributed by atoms with Crippen LogP contribution in [-0.2, 0) is 9.63 Å². The molecule has 4 nitrogen and oxygen atoms in total. The summed E-state index contributed by atoms with van der Waals surface area (Å²) in [5, 5.41) is 10.4. The molecular formula is C3H4NO3. The van der Waals surface area contributed by atoms with Crippen LogP contribution < -0.4 is 0 Å². The van der Waals surface area contributed by atoms with Crippen molar-refractivity contribution in [3.8, 4) is 0 Å². The van der Waals surface area contributed by atoms with Gasteiger partial charge in [-0.25, -0.2) is 4.79 Å². The Kier molecular flexibility index (Phi) is 2.67. The maximum absolute atomic E-state index is 9.52. The van der Waals surface area contributed by atoms with Crippen LogP contribution in [0.1, 0.15) is 0 Å². The van der Waals surface area contributed by atoms with Gasteiger partial charge in [0.1, 0.15) is 0 Å². The zero-order valence-electron chi connectivity index (χ0n) is 3.50. The zero-order valence-corrected chi connectivity index (χ0v) is 3.50. The Labute approximate surface area is 40.4 Å². The van der Waals surface area contributed by atoms with Crippen LogP contribution in [0.25, 0.3) is 0 Å². The molecule has 0 amide bonds. The van der Waals surface area contributed by atoms with E-state index in [4.69, 9.17) is 5.11 Å². The molecule has 0 bridgehead atoms. The summed E-state index contributed by atoms with van der Waals surface area (Å²) in [6.07, 6.45) is 0. The van der Waals surface area contributed by atoms with Gasteiger partial charge in [0.15, 0.2) is 0 Å². The minimum absolute atomic E-state index is 0.476. The van der Waals surface area contributed by atoms with Crippen molar-refractivity contribution >= 4 is 12.7 Å². The first kappa shape index (κ1) is 5.94. The first-order valence-electron chi connectivity index (χ1n) is 1.51. The number of carboxylic acid groups (broad SMARTS) is 1. The topological polar surface area (TPSA) is 58.9 Å². The van der Waals surface area contributed by atoms with Gasteiger partial charge in [0, 0.05) is 0 Å². The Balaban J connectivity index is 2.97. The molecule has 0 spiro atoms. The molecule has 0 aromatic rings. The van der Waals surface area contributed by atoms with Crippen LogP contribution in [0.15, 0.2) is 5.16 Å². The van der Waals surface area contributed by atoms with Crippen LogP contribution >= 0.6 is 0 Å². The van der Waals surface area contributed by atoms with Crippen molar-refractivity contribution in [2.24, 2.45) is 5.16 Å². The molecule has 0 aliphatic carbocycles. The van der Waals surface area contributed by atoms with Crippen molar-refractivity contribution in [2.45, 2.75) is 0 Å². The second-order valence-corrected chi connectivity index (χ2v) is 0.773. The monoisotopic (exact) mass is 102 g/mol. The van der Waals surface area contributed by atoms with Gasteiger partial charge in [-0.15, -0.1) is 0 Å². The summed E-state index contributed by atoms with van der Waals surface area (Å²) in [6, 6.07) is 0. The average Bonchev–Trinajstić information content (AvgIpc) is 1.61. The van der Waals surface area contributed by atoms with E-state index in [1.165, 1.54) is 0 Å². The zero-order chi connectivity index (χ0) is 5.70. The highest BCUT2D eigenvalue weighted by molar-refractivity contribution is 5.67. The number of carbonyl (C=O) groups is 1. The first-order valence-corrected chi connectivity index (χ1v) is 1.51. The fraction of sp³-hybridized carbons (Fsp3) is 0.333. The molecule has 7 heavy (non-hydrogen) atoms. The van der Waals surface area contributed by atoms with E-state index in [9.17, 15) is 4.79 Å². The summed E-state index contributed by atoms with van der Waals surface area (Å²) in [4.78, 5) is 13.4. The lowest BCUT2D eigenvalue weighted by atomic mass is 10.8. The van der Waals surface area contributed by atoms with Gasteiger partial charge in [-0.2, -0.15) is 0 Å². The fourth-order valence-electron chi connectivity index (χ4n) is 0.0925. The van der Waals surface area contributed by atoms with E-state index in [0.29, 0.717) is 0 Å². The molecule has 0 aliphatic heterocycles. The molecule has 0 atom stereocenters. The number of aliphatic carboxylic acids is 1. The number of nitrogens with zero attached hydrogens (tertiary/aromatic N) is 1. The number of rotatable bonds is 3. The molecule has 0 saturated carbocycles. The van der Waals surface area contributed by atoms with E-state index in [1.807, 2.05) is 0 Å². The van der Waals surface area contributed by atoms with E-state index in [-0.39, 0.29) is 0 Å². The summed E-state index contributed by atoms with van der Waals surface area (Å²) in [5.74, 6) is -1.09. The number of hydrogen-bond acceptors (Lipinski definition) is 3. The molecule has 0 saturated heterocycles. The third kappa shape index (κ3) is 4.94. The minimum Gasteiger partial charge on any atom is -0.479 e. The third-order valence-corrected chi connectivity index (χ3v) is 0.263. The predicted molar refractivity (Wildman–Crippen MR) is 22.1 cm³/mol. The highest BCUT2D eigenvalue weighted by atomic mass is 16.6. The Hall–Kier alpha value is -1.06. The van der Waals surface area contributed by atoms with Gasteiger partial charge in [0.25, 0.3) is 0 Å². The van der Waals surface area contributed by atoms with Gasteiger partial charge in [-0.1, -0.05) is 5.16 Å². The molecule has 1 N–H and O–H groups in total. The van der Waals surface area contributed by atoms with Gasteiger partial charge in [0.05, 0.1) is 6.72 Å². The Morgan fingerprint density at radius 1 is 2.00 bits per heavy atom. The number of hydrogen-bond donors (Lipinski definition) is 1. The van der Waals surface area contributed by atoms with Gasteiger partial charge in [-0.05, 0) is 0 Å². The summed E-state index contributed by atoms with van der Waals surface area (Å²) in [5.41, 5.74) is 0. The van der Waals surface area contributed by atoms with Crippen LogP contribution in [0.2, 0.25) is 0 Å². The summed E-state index contributed by atoms with van der Waals surface area (Å²) < 4.78 is 0. The Morgan fingerprint density at radius 3 is 2.71 bits per heavy atom. The largest absolute Gasteiger partial charge is 0.479 e. The third-order valence-electron chi connectivity index (χ3n) is 0.263. The highest BCUT2D eigenvalue weighted by Crippen LogP contribution is 1.69. The first-order chi connectivity index (χ1) is 3.27. The number of carboxylic acids is 1. The smallest absolute Gasteiger partial charge is 0.344 e. The van der Waals surface area contributed by atoms with E-state index in [1.54, 1.807) is 0 Å². The lowest BCUT2D eigenvalue weighted by Crippen LogP contribution is -2.02. The van der Waals surface area contributed by atoms with Crippen molar-refractivity contribution in [3.63, 3.8) is 0 Å². The van der Waals surface area contributed by atoms with Crippen LogP contribution in [0.4, 0.5) is 0 Å². The summed E-state index contributed by atoms with van der Waals surface area (Å²) >= 11 is 0. The molecular weight excluding hydrogens is 98.0 g/mol. The minimum atomic E-state index is -1.09. The molecule has 0 unspecified atom stereocenters. The SMILES string of the molecule is [CH]=NOCC(=O)O. The Bertz CT molecular complexity index is 80.2. The lowest BCUT2D eigenvalue weighted by molar-refractivity contribution is -0.142. The second kappa shape index (κ2) is 3.14. The van der Waals surface area contributed by atoms with Crippen molar-refractivity contribution in [2.75, 3.05) is 6.61 Å². The normalized spacial score (nSPS) is 7.43. The second-order valence-electron chi connectivity index (χ2n) is 0.773. The highest BCUT2D eigenvalue weighted by Gasteiger charge is 1.91. The molecule has 0 fully saturated rings. The Morgan fingerprint density at radius 2 is 2.57 bits per heavy atom. The van der Waals surface area contributed by atoms with Crippen LogP contribution in [0.5, 0.6) is 0 Å².